The molecule has 2 aromatic rings. The van der Waals surface area contributed by atoms with Crippen LogP contribution in [0.5, 0.6) is 0 Å². The number of furan rings is 1. The average molecular weight is 328 g/mol. The Hall–Kier alpha value is -1.69. The van der Waals surface area contributed by atoms with Crippen LogP contribution in [0.4, 0.5) is 0 Å². The lowest BCUT2D eigenvalue weighted by Gasteiger charge is -2.38. The largest absolute Gasteiger partial charge is 0.472 e. The number of pyridine rings is 1. The first-order valence-electron chi connectivity index (χ1n) is 8.69. The van der Waals surface area contributed by atoms with E-state index in [1.807, 2.05) is 24.5 Å². The molecule has 2 aliphatic heterocycles. The first kappa shape index (κ1) is 15.8. The van der Waals surface area contributed by atoms with Gasteiger partial charge in [-0.15, -0.1) is 0 Å². The van der Waals surface area contributed by atoms with Gasteiger partial charge in [0.2, 0.25) is 0 Å². The van der Waals surface area contributed by atoms with Crippen LogP contribution >= 0.6 is 0 Å². The molecular formula is C19H24N2O3. The van der Waals surface area contributed by atoms with Crippen LogP contribution in [0, 0.1) is 0 Å². The highest BCUT2D eigenvalue weighted by Gasteiger charge is 2.43. The van der Waals surface area contributed by atoms with Gasteiger partial charge >= 0.3 is 0 Å². The van der Waals surface area contributed by atoms with E-state index in [-0.39, 0.29) is 11.7 Å². The molecule has 2 aromatic heterocycles. The van der Waals surface area contributed by atoms with Gasteiger partial charge in [-0.25, -0.2) is 0 Å². The van der Waals surface area contributed by atoms with Crippen molar-refractivity contribution < 1.29 is 13.9 Å². The molecule has 0 aromatic carbocycles. The molecule has 2 aliphatic rings. The van der Waals surface area contributed by atoms with Crippen LogP contribution in [-0.2, 0) is 22.6 Å². The van der Waals surface area contributed by atoms with Crippen LogP contribution in [0.1, 0.15) is 30.4 Å². The summed E-state index contributed by atoms with van der Waals surface area (Å²) in [5.74, 6) is 0. The molecule has 1 atom stereocenters. The van der Waals surface area contributed by atoms with E-state index >= 15 is 0 Å². The van der Waals surface area contributed by atoms with Gasteiger partial charge in [0.05, 0.1) is 37.4 Å². The van der Waals surface area contributed by atoms with Crippen LogP contribution in [-0.4, -0.2) is 41.3 Å². The minimum Gasteiger partial charge on any atom is -0.472 e. The number of nitrogens with zero attached hydrogens (tertiary/aromatic N) is 2. The number of hydrogen-bond acceptors (Lipinski definition) is 5. The Balaban J connectivity index is 1.24. The van der Waals surface area contributed by atoms with Gasteiger partial charge in [0.15, 0.2) is 0 Å². The lowest BCUT2D eigenvalue weighted by Crippen LogP contribution is -2.43. The van der Waals surface area contributed by atoms with Gasteiger partial charge in [-0.1, -0.05) is 0 Å². The van der Waals surface area contributed by atoms with E-state index in [4.69, 9.17) is 13.9 Å². The molecule has 0 aliphatic carbocycles. The van der Waals surface area contributed by atoms with Crippen molar-refractivity contribution in [2.24, 2.45) is 0 Å². The number of rotatable bonds is 5. The molecule has 2 fully saturated rings. The third-order valence-corrected chi connectivity index (χ3v) is 5.16. The van der Waals surface area contributed by atoms with Crippen molar-refractivity contribution in [3.8, 4) is 0 Å². The van der Waals surface area contributed by atoms with Crippen molar-refractivity contribution in [2.75, 3.05) is 19.7 Å². The van der Waals surface area contributed by atoms with Crippen molar-refractivity contribution >= 4 is 0 Å². The molecule has 4 rings (SSSR count). The summed E-state index contributed by atoms with van der Waals surface area (Å²) in [7, 11) is 0. The number of likely N-dealkylation sites (tertiary alicyclic amines) is 1. The second-order valence-corrected chi connectivity index (χ2v) is 6.89. The molecule has 0 saturated carbocycles. The monoisotopic (exact) mass is 328 g/mol. The molecule has 5 heteroatoms. The van der Waals surface area contributed by atoms with Crippen molar-refractivity contribution in [3.63, 3.8) is 0 Å². The van der Waals surface area contributed by atoms with Gasteiger partial charge in [-0.2, -0.15) is 0 Å². The normalized spacial score (nSPS) is 23.8. The van der Waals surface area contributed by atoms with Crippen LogP contribution in [0.25, 0.3) is 0 Å². The fraction of sp³-hybridized carbons (Fsp3) is 0.526. The van der Waals surface area contributed by atoms with E-state index in [0.29, 0.717) is 13.2 Å². The summed E-state index contributed by atoms with van der Waals surface area (Å²) in [5.41, 5.74) is 2.44. The second kappa shape index (κ2) is 7.05. The Morgan fingerprint density at radius 3 is 2.75 bits per heavy atom. The highest BCUT2D eigenvalue weighted by atomic mass is 16.6. The summed E-state index contributed by atoms with van der Waals surface area (Å²) in [6.45, 7) is 4.46. The number of aromatic nitrogens is 1. The van der Waals surface area contributed by atoms with Gasteiger partial charge < -0.3 is 13.9 Å². The Morgan fingerprint density at radius 1 is 1.17 bits per heavy atom. The van der Waals surface area contributed by atoms with Gasteiger partial charge in [-0.05, 0) is 36.6 Å². The maximum Gasteiger partial charge on any atom is 0.0947 e. The lowest BCUT2D eigenvalue weighted by atomic mass is 9.88. The minimum absolute atomic E-state index is 0.0236. The molecule has 0 N–H and O–H groups in total. The van der Waals surface area contributed by atoms with Crippen molar-refractivity contribution in [1.82, 2.24) is 9.88 Å². The summed E-state index contributed by atoms with van der Waals surface area (Å²) in [6, 6.07) is 6.04. The predicted molar refractivity (Wildman–Crippen MR) is 89.3 cm³/mol. The van der Waals surface area contributed by atoms with Crippen LogP contribution in [0.2, 0.25) is 0 Å². The Kier molecular flexibility index (Phi) is 4.65. The molecule has 0 bridgehead atoms. The van der Waals surface area contributed by atoms with E-state index in [0.717, 1.165) is 38.9 Å². The smallest absolute Gasteiger partial charge is 0.0947 e. The van der Waals surface area contributed by atoms with Crippen molar-refractivity contribution in [3.05, 3.63) is 54.2 Å². The summed E-state index contributed by atoms with van der Waals surface area (Å²) in [6.07, 6.45) is 10.6. The maximum absolute atomic E-state index is 6.18. The highest BCUT2D eigenvalue weighted by molar-refractivity contribution is 5.08. The zero-order valence-electron chi connectivity index (χ0n) is 13.9. The van der Waals surface area contributed by atoms with E-state index < -0.39 is 0 Å². The number of piperidine rings is 1. The summed E-state index contributed by atoms with van der Waals surface area (Å²) < 4.78 is 17.4. The predicted octanol–water partition coefficient (Wildman–Crippen LogP) is 3.01. The van der Waals surface area contributed by atoms with E-state index in [9.17, 15) is 0 Å². The van der Waals surface area contributed by atoms with E-state index in [1.54, 1.807) is 18.7 Å². The molecule has 0 radical (unpaired) electrons. The minimum atomic E-state index is 0.0236. The zero-order valence-corrected chi connectivity index (χ0v) is 13.9. The first-order chi connectivity index (χ1) is 11.8. The third-order valence-electron chi connectivity index (χ3n) is 5.16. The third kappa shape index (κ3) is 3.69. The lowest BCUT2D eigenvalue weighted by molar-refractivity contribution is -0.0468. The average Bonchev–Trinajstić information content (AvgIpc) is 3.27. The molecule has 0 amide bonds. The second-order valence-electron chi connectivity index (χ2n) is 6.89. The molecule has 5 nitrogen and oxygen atoms in total. The van der Waals surface area contributed by atoms with E-state index in [2.05, 4.69) is 9.88 Å². The fourth-order valence-corrected chi connectivity index (χ4v) is 3.71. The summed E-state index contributed by atoms with van der Waals surface area (Å²) >= 11 is 0. The molecule has 1 unspecified atom stereocenters. The van der Waals surface area contributed by atoms with E-state index in [1.165, 1.54) is 11.1 Å². The number of ether oxygens (including phenoxy) is 2. The molecular weight excluding hydrogens is 304 g/mol. The Labute approximate surface area is 142 Å². The summed E-state index contributed by atoms with van der Waals surface area (Å²) in [5, 5.41) is 0. The Bertz CT molecular complexity index is 621. The SMILES string of the molecule is c1cc(COC2COC3(CCN(Cc4ccoc4)CC3)C2)ccn1. The molecule has 24 heavy (non-hydrogen) atoms. The molecule has 2 saturated heterocycles. The topological polar surface area (TPSA) is 47.7 Å². The van der Waals surface area contributed by atoms with Gasteiger partial charge in [0.25, 0.3) is 0 Å². The number of hydrogen-bond donors (Lipinski definition) is 0. The fourth-order valence-electron chi connectivity index (χ4n) is 3.71. The van der Waals surface area contributed by atoms with Gasteiger partial charge in [-0.3, -0.25) is 9.88 Å². The summed E-state index contributed by atoms with van der Waals surface area (Å²) in [4.78, 5) is 6.51. The first-order valence-corrected chi connectivity index (χ1v) is 8.69. The molecule has 4 heterocycles. The molecule has 128 valence electrons. The van der Waals surface area contributed by atoms with Crippen LogP contribution in [0.3, 0.4) is 0 Å². The van der Waals surface area contributed by atoms with Crippen molar-refractivity contribution in [1.29, 1.82) is 0 Å². The maximum atomic E-state index is 6.18. The molecule has 1 spiro atoms. The standard InChI is InChI=1S/C19H24N2O3/c1-6-20-7-2-16(1)14-23-18-11-19(24-15-18)4-8-21(9-5-19)12-17-3-10-22-13-17/h1-3,6-7,10,13,18H,4-5,8-9,11-12,14-15H2. The van der Waals surface area contributed by atoms with Crippen LogP contribution < -0.4 is 0 Å². The zero-order chi connectivity index (χ0) is 16.2. The highest BCUT2D eigenvalue weighted by Crippen LogP contribution is 2.37. The van der Waals surface area contributed by atoms with Gasteiger partial charge in [0.1, 0.15) is 0 Å². The van der Waals surface area contributed by atoms with Gasteiger partial charge in [0, 0.05) is 44.0 Å². The van der Waals surface area contributed by atoms with Crippen LogP contribution in [0.15, 0.2) is 47.5 Å². The quantitative estimate of drug-likeness (QED) is 0.844. The van der Waals surface area contributed by atoms with Crippen molar-refractivity contribution in [2.45, 2.75) is 44.1 Å². The Morgan fingerprint density at radius 2 is 2.00 bits per heavy atom.